The van der Waals surface area contributed by atoms with Crippen LogP contribution in [0.25, 0.3) is 0 Å². The maximum Gasteiger partial charge on any atom is 0.338 e. The third kappa shape index (κ3) is 4.46. The highest BCUT2D eigenvalue weighted by Crippen LogP contribution is 2.15. The average molecular weight is 321 g/mol. The highest BCUT2D eigenvalue weighted by atomic mass is 35.5. The molecule has 0 spiro atoms. The number of nitrogens with zero attached hydrogens (tertiary/aromatic N) is 1. The molecule has 0 unspecified atom stereocenters. The Labute approximate surface area is 132 Å². The Morgan fingerprint density at radius 3 is 2.59 bits per heavy atom. The molecule has 1 aromatic carbocycles. The predicted molar refractivity (Wildman–Crippen MR) is 81.2 cm³/mol. The Kier molecular flexibility index (Phi) is 5.32. The topological polar surface area (TPSA) is 77.5 Å². The number of carbonyl (C=O) groups is 2. The molecule has 0 saturated heterocycles. The number of esters is 1. The van der Waals surface area contributed by atoms with Gasteiger partial charge in [0.25, 0.3) is 5.91 Å². The number of aromatic nitrogens is 1. The first-order valence-electron chi connectivity index (χ1n) is 6.31. The molecule has 22 heavy (non-hydrogen) atoms. The van der Waals surface area contributed by atoms with E-state index in [1.54, 1.807) is 31.4 Å². The first-order valence-corrected chi connectivity index (χ1v) is 6.69. The van der Waals surface area contributed by atoms with Crippen LogP contribution in [0.15, 0.2) is 42.6 Å². The maximum atomic E-state index is 11.7. The van der Waals surface area contributed by atoms with Crippen LogP contribution in [0, 0.1) is 0 Å². The molecule has 7 heteroatoms. The van der Waals surface area contributed by atoms with Crippen LogP contribution in [0.4, 0.5) is 5.69 Å². The van der Waals surface area contributed by atoms with Gasteiger partial charge in [0.2, 0.25) is 0 Å². The monoisotopic (exact) mass is 320 g/mol. The second-order valence-electron chi connectivity index (χ2n) is 4.22. The lowest BCUT2D eigenvalue weighted by Crippen LogP contribution is -2.20. The van der Waals surface area contributed by atoms with Crippen LogP contribution < -0.4 is 10.1 Å². The standard InChI is InChI=1S/C15H13ClN2O4/c1-21-12-4-2-11(3-5-12)18-14(19)9-22-15(20)10-6-7-17-13(16)8-10/h2-8H,9H2,1H3,(H,18,19). The van der Waals surface area contributed by atoms with Crippen molar-refractivity contribution in [2.24, 2.45) is 0 Å². The number of pyridine rings is 1. The van der Waals surface area contributed by atoms with Gasteiger partial charge in [0.05, 0.1) is 12.7 Å². The first-order chi connectivity index (χ1) is 10.6. The number of anilines is 1. The van der Waals surface area contributed by atoms with Gasteiger partial charge >= 0.3 is 5.97 Å². The number of amides is 1. The molecule has 1 heterocycles. The number of ether oxygens (including phenoxy) is 2. The minimum absolute atomic E-state index is 0.178. The molecular formula is C15H13ClN2O4. The van der Waals surface area contributed by atoms with Gasteiger partial charge in [-0.3, -0.25) is 4.79 Å². The van der Waals surface area contributed by atoms with Gasteiger partial charge in [-0.25, -0.2) is 9.78 Å². The van der Waals surface area contributed by atoms with Gasteiger partial charge < -0.3 is 14.8 Å². The SMILES string of the molecule is COc1ccc(NC(=O)COC(=O)c2ccnc(Cl)c2)cc1. The lowest BCUT2D eigenvalue weighted by atomic mass is 10.3. The predicted octanol–water partition coefficient (Wildman–Crippen LogP) is 2.54. The lowest BCUT2D eigenvalue weighted by molar-refractivity contribution is -0.119. The van der Waals surface area contributed by atoms with Crippen LogP contribution in [0.2, 0.25) is 5.15 Å². The van der Waals surface area contributed by atoms with Crippen molar-refractivity contribution in [2.45, 2.75) is 0 Å². The van der Waals surface area contributed by atoms with Gasteiger partial charge in [-0.15, -0.1) is 0 Å². The van der Waals surface area contributed by atoms with Crippen molar-refractivity contribution in [1.29, 1.82) is 0 Å². The number of halogens is 1. The van der Waals surface area contributed by atoms with E-state index in [1.165, 1.54) is 18.3 Å². The molecule has 1 aromatic heterocycles. The summed E-state index contributed by atoms with van der Waals surface area (Å²) in [5, 5.41) is 2.78. The highest BCUT2D eigenvalue weighted by Gasteiger charge is 2.11. The summed E-state index contributed by atoms with van der Waals surface area (Å²) in [6.07, 6.45) is 1.39. The van der Waals surface area contributed by atoms with Crippen molar-refractivity contribution >= 4 is 29.2 Å². The molecule has 0 saturated carbocycles. The molecule has 0 fully saturated rings. The van der Waals surface area contributed by atoms with E-state index in [0.717, 1.165) is 0 Å². The first kappa shape index (κ1) is 15.8. The molecule has 1 N–H and O–H groups in total. The molecule has 1 amide bonds. The van der Waals surface area contributed by atoms with E-state index in [4.69, 9.17) is 21.1 Å². The van der Waals surface area contributed by atoms with Crippen molar-refractivity contribution < 1.29 is 19.1 Å². The Bertz CT molecular complexity index is 673. The number of benzene rings is 1. The number of nitrogens with one attached hydrogen (secondary N) is 1. The van der Waals surface area contributed by atoms with Crippen LogP contribution in [-0.2, 0) is 9.53 Å². The van der Waals surface area contributed by atoms with Crippen molar-refractivity contribution in [3.8, 4) is 5.75 Å². The van der Waals surface area contributed by atoms with Gasteiger partial charge in [0, 0.05) is 11.9 Å². The minimum atomic E-state index is -0.644. The van der Waals surface area contributed by atoms with Gasteiger partial charge in [-0.05, 0) is 36.4 Å². The van der Waals surface area contributed by atoms with E-state index in [1.807, 2.05) is 0 Å². The van der Waals surface area contributed by atoms with E-state index in [0.29, 0.717) is 11.4 Å². The molecule has 0 aliphatic carbocycles. The van der Waals surface area contributed by atoms with E-state index < -0.39 is 18.5 Å². The molecule has 114 valence electrons. The minimum Gasteiger partial charge on any atom is -0.497 e. The molecule has 0 bridgehead atoms. The second-order valence-corrected chi connectivity index (χ2v) is 4.61. The summed E-state index contributed by atoms with van der Waals surface area (Å²) >= 11 is 5.68. The van der Waals surface area contributed by atoms with Crippen molar-refractivity contribution in [1.82, 2.24) is 4.98 Å². The molecule has 0 atom stereocenters. The smallest absolute Gasteiger partial charge is 0.338 e. The molecule has 2 aromatic rings. The largest absolute Gasteiger partial charge is 0.497 e. The van der Waals surface area contributed by atoms with Gasteiger partial charge in [0.15, 0.2) is 6.61 Å². The zero-order chi connectivity index (χ0) is 15.9. The van der Waals surface area contributed by atoms with Crippen molar-refractivity contribution in [3.05, 3.63) is 53.3 Å². The fraction of sp³-hybridized carbons (Fsp3) is 0.133. The van der Waals surface area contributed by atoms with Crippen molar-refractivity contribution in [2.75, 3.05) is 19.0 Å². The Hall–Kier alpha value is -2.60. The summed E-state index contributed by atoms with van der Waals surface area (Å²) in [5.41, 5.74) is 0.811. The van der Waals surface area contributed by atoms with Gasteiger partial charge in [0.1, 0.15) is 10.9 Å². The Morgan fingerprint density at radius 1 is 1.23 bits per heavy atom. The molecule has 0 aliphatic rings. The second kappa shape index (κ2) is 7.42. The van der Waals surface area contributed by atoms with E-state index in [9.17, 15) is 9.59 Å². The van der Waals surface area contributed by atoms with Crippen LogP contribution in [0.3, 0.4) is 0 Å². The number of methoxy groups -OCH3 is 1. The fourth-order valence-corrected chi connectivity index (χ4v) is 1.79. The summed E-state index contributed by atoms with van der Waals surface area (Å²) < 4.78 is 9.91. The van der Waals surface area contributed by atoms with E-state index in [2.05, 4.69) is 10.3 Å². The molecule has 0 aliphatic heterocycles. The molecular weight excluding hydrogens is 308 g/mol. The number of rotatable bonds is 5. The summed E-state index contributed by atoms with van der Waals surface area (Å²) in [5.74, 6) is -0.410. The summed E-state index contributed by atoms with van der Waals surface area (Å²) in [7, 11) is 1.55. The van der Waals surface area contributed by atoms with Crippen LogP contribution in [0.1, 0.15) is 10.4 Å². The van der Waals surface area contributed by atoms with E-state index >= 15 is 0 Å². The highest BCUT2D eigenvalue weighted by molar-refractivity contribution is 6.29. The van der Waals surface area contributed by atoms with Crippen LogP contribution in [0.5, 0.6) is 5.75 Å². The summed E-state index contributed by atoms with van der Waals surface area (Å²) in [6, 6.07) is 9.60. The Balaban J connectivity index is 1.85. The van der Waals surface area contributed by atoms with E-state index in [-0.39, 0.29) is 10.7 Å². The molecule has 2 rings (SSSR count). The summed E-state index contributed by atoms with van der Waals surface area (Å²) in [4.78, 5) is 27.2. The fourth-order valence-electron chi connectivity index (χ4n) is 1.62. The Morgan fingerprint density at radius 2 is 1.95 bits per heavy atom. The summed E-state index contributed by atoms with van der Waals surface area (Å²) in [6.45, 7) is -0.398. The van der Waals surface area contributed by atoms with Crippen LogP contribution in [-0.4, -0.2) is 30.6 Å². The van der Waals surface area contributed by atoms with Crippen LogP contribution >= 0.6 is 11.6 Å². The zero-order valence-corrected chi connectivity index (χ0v) is 12.5. The normalized spacial score (nSPS) is 9.91. The lowest BCUT2D eigenvalue weighted by Gasteiger charge is -2.07. The third-order valence-corrected chi connectivity index (χ3v) is 2.88. The van der Waals surface area contributed by atoms with Crippen molar-refractivity contribution in [3.63, 3.8) is 0 Å². The average Bonchev–Trinajstić information content (AvgIpc) is 2.53. The van der Waals surface area contributed by atoms with Gasteiger partial charge in [-0.1, -0.05) is 11.6 Å². The zero-order valence-electron chi connectivity index (χ0n) is 11.7. The quantitative estimate of drug-likeness (QED) is 0.676. The molecule has 0 radical (unpaired) electrons. The number of carbonyl (C=O) groups excluding carboxylic acids is 2. The van der Waals surface area contributed by atoms with Gasteiger partial charge in [-0.2, -0.15) is 0 Å². The third-order valence-electron chi connectivity index (χ3n) is 2.67. The number of hydrogen-bond acceptors (Lipinski definition) is 5. The maximum absolute atomic E-state index is 11.7. The number of hydrogen-bond donors (Lipinski definition) is 1. The molecule has 6 nitrogen and oxygen atoms in total.